The molecule has 1 rings (SSSR count). The Morgan fingerprint density at radius 3 is 2.57 bits per heavy atom. The van der Waals surface area contributed by atoms with Gasteiger partial charge in [0.25, 0.3) is 0 Å². The molecule has 0 atom stereocenters. The molecule has 0 amide bonds. The molecule has 0 saturated carbocycles. The first kappa shape index (κ1) is 10.6. The topological polar surface area (TPSA) is 30.0 Å². The molecule has 0 N–H and O–H groups in total. The molecule has 14 heavy (non-hydrogen) atoms. The Balaban J connectivity index is 2.75. The first-order chi connectivity index (χ1) is 6.39. The second-order valence-electron chi connectivity index (χ2n) is 2.56. The van der Waals surface area contributed by atoms with E-state index in [1.54, 1.807) is 0 Å². The van der Waals surface area contributed by atoms with Crippen LogP contribution in [-0.4, -0.2) is 16.9 Å². The van der Waals surface area contributed by atoms with Crippen molar-refractivity contribution in [3.05, 3.63) is 29.8 Å². The lowest BCUT2D eigenvalue weighted by atomic mass is 10.2. The van der Waals surface area contributed by atoms with Crippen molar-refractivity contribution in [3.8, 4) is 0 Å². The maximum absolute atomic E-state index is 12.5. The number of carbonyl (C=O) groups is 1. The third kappa shape index (κ3) is 2.79. The normalized spacial score (nSPS) is 11.4. The monoisotopic (exact) mass is 207 g/mol. The van der Waals surface area contributed by atoms with Crippen molar-refractivity contribution in [2.75, 3.05) is 0 Å². The minimum atomic E-state index is -4.89. The summed E-state index contributed by atoms with van der Waals surface area (Å²) >= 11 is 0. The van der Waals surface area contributed by atoms with Crippen molar-refractivity contribution >= 4 is 5.78 Å². The molecule has 0 bridgehead atoms. The highest BCUT2D eigenvalue weighted by Gasteiger charge is 2.38. The first-order valence-corrected chi connectivity index (χ1v) is 3.60. The van der Waals surface area contributed by atoms with Crippen LogP contribution in [0.5, 0.6) is 0 Å². The predicted octanol–water partition coefficient (Wildman–Crippen LogP) is 1.89. The van der Waals surface area contributed by atoms with Gasteiger partial charge in [-0.2, -0.15) is 13.2 Å². The lowest BCUT2D eigenvalue weighted by Crippen LogP contribution is -2.24. The fraction of sp³-hybridized carbons (Fsp3) is 0.250. The third-order valence-corrected chi connectivity index (χ3v) is 1.44. The van der Waals surface area contributed by atoms with Gasteiger partial charge in [-0.15, -0.1) is 0 Å². The summed E-state index contributed by atoms with van der Waals surface area (Å²) in [4.78, 5) is 13.9. The van der Waals surface area contributed by atoms with Crippen LogP contribution in [0.25, 0.3) is 0 Å². The molecule has 1 aromatic rings. The van der Waals surface area contributed by atoms with E-state index in [1.165, 1.54) is 0 Å². The SMILES string of the molecule is O=C(Cc1cc(F)ccn1)C(F)(F)F. The zero-order valence-electron chi connectivity index (χ0n) is 6.81. The van der Waals surface area contributed by atoms with E-state index < -0.39 is 24.2 Å². The maximum Gasteiger partial charge on any atom is 0.450 e. The van der Waals surface area contributed by atoms with Crippen LogP contribution < -0.4 is 0 Å². The van der Waals surface area contributed by atoms with Crippen LogP contribution in [0.2, 0.25) is 0 Å². The molecular formula is C8H5F4NO. The number of pyridine rings is 1. The highest BCUT2D eigenvalue weighted by molar-refractivity contribution is 5.85. The van der Waals surface area contributed by atoms with Gasteiger partial charge in [-0.25, -0.2) is 4.39 Å². The molecule has 0 spiro atoms. The molecule has 0 radical (unpaired) electrons. The van der Waals surface area contributed by atoms with Gasteiger partial charge in [0.1, 0.15) is 5.82 Å². The van der Waals surface area contributed by atoms with Crippen LogP contribution in [0.1, 0.15) is 5.69 Å². The number of rotatable bonds is 2. The number of hydrogen-bond donors (Lipinski definition) is 0. The van der Waals surface area contributed by atoms with Gasteiger partial charge in [0.15, 0.2) is 0 Å². The first-order valence-electron chi connectivity index (χ1n) is 3.60. The molecule has 6 heteroatoms. The van der Waals surface area contributed by atoms with Crippen LogP contribution in [0.15, 0.2) is 18.3 Å². The molecule has 2 nitrogen and oxygen atoms in total. The lowest BCUT2D eigenvalue weighted by molar-refractivity contribution is -0.170. The Bertz CT molecular complexity index is 347. The minimum absolute atomic E-state index is 0.229. The molecule has 0 aliphatic heterocycles. The van der Waals surface area contributed by atoms with Gasteiger partial charge in [0.05, 0.1) is 12.1 Å². The zero-order valence-corrected chi connectivity index (χ0v) is 6.81. The minimum Gasteiger partial charge on any atom is -0.289 e. The molecule has 0 unspecified atom stereocenters. The van der Waals surface area contributed by atoms with E-state index in [0.29, 0.717) is 0 Å². The predicted molar refractivity (Wildman–Crippen MR) is 39.0 cm³/mol. The molecule has 0 fully saturated rings. The number of nitrogens with zero attached hydrogens (tertiary/aromatic N) is 1. The van der Waals surface area contributed by atoms with Gasteiger partial charge < -0.3 is 0 Å². The average molecular weight is 207 g/mol. The number of halogens is 4. The number of hydrogen-bond acceptors (Lipinski definition) is 2. The molecular weight excluding hydrogens is 202 g/mol. The fourth-order valence-corrected chi connectivity index (χ4v) is 0.810. The van der Waals surface area contributed by atoms with Crippen LogP contribution in [0, 0.1) is 5.82 Å². The Kier molecular flexibility index (Phi) is 2.83. The van der Waals surface area contributed by atoms with E-state index in [2.05, 4.69) is 4.98 Å². The van der Waals surface area contributed by atoms with E-state index in [4.69, 9.17) is 0 Å². The largest absolute Gasteiger partial charge is 0.450 e. The van der Waals surface area contributed by atoms with Gasteiger partial charge in [0.2, 0.25) is 5.78 Å². The van der Waals surface area contributed by atoms with Crippen molar-refractivity contribution in [1.82, 2.24) is 4.98 Å². The number of Topliss-reactive ketones (excluding diaryl/α,β-unsaturated/α-hetero) is 1. The van der Waals surface area contributed by atoms with Gasteiger partial charge in [-0.05, 0) is 12.1 Å². The summed E-state index contributed by atoms with van der Waals surface area (Å²) in [6.45, 7) is 0. The summed E-state index contributed by atoms with van der Waals surface area (Å²) in [6.07, 6.45) is -4.82. The Morgan fingerprint density at radius 2 is 2.07 bits per heavy atom. The van der Waals surface area contributed by atoms with E-state index in [-0.39, 0.29) is 5.69 Å². The zero-order chi connectivity index (χ0) is 10.8. The van der Waals surface area contributed by atoms with E-state index in [9.17, 15) is 22.4 Å². The number of aromatic nitrogens is 1. The van der Waals surface area contributed by atoms with Crippen molar-refractivity contribution in [3.63, 3.8) is 0 Å². The summed E-state index contributed by atoms with van der Waals surface area (Å²) in [5.41, 5.74) is -0.229. The van der Waals surface area contributed by atoms with Crippen molar-refractivity contribution in [2.24, 2.45) is 0 Å². The molecule has 0 saturated heterocycles. The number of carbonyl (C=O) groups excluding carboxylic acids is 1. The number of alkyl halides is 3. The van der Waals surface area contributed by atoms with Crippen LogP contribution >= 0.6 is 0 Å². The van der Waals surface area contributed by atoms with Gasteiger partial charge >= 0.3 is 6.18 Å². The Morgan fingerprint density at radius 1 is 1.43 bits per heavy atom. The molecule has 1 heterocycles. The standard InChI is InChI=1S/C8H5F4NO/c9-5-1-2-13-6(3-5)4-7(14)8(10,11)12/h1-3H,4H2. The van der Waals surface area contributed by atoms with Crippen molar-refractivity contribution in [1.29, 1.82) is 0 Å². The Hall–Kier alpha value is -1.46. The number of ketones is 1. The molecule has 0 aromatic carbocycles. The van der Waals surface area contributed by atoms with E-state index in [0.717, 1.165) is 18.3 Å². The highest BCUT2D eigenvalue weighted by atomic mass is 19.4. The summed E-state index contributed by atoms with van der Waals surface area (Å²) in [6, 6.07) is 1.78. The highest BCUT2D eigenvalue weighted by Crippen LogP contribution is 2.18. The molecule has 0 aliphatic rings. The summed E-state index contributed by atoms with van der Waals surface area (Å²) in [7, 11) is 0. The molecule has 1 aromatic heterocycles. The van der Waals surface area contributed by atoms with Crippen molar-refractivity contribution in [2.45, 2.75) is 12.6 Å². The van der Waals surface area contributed by atoms with Crippen LogP contribution in [0.3, 0.4) is 0 Å². The summed E-state index contributed by atoms with van der Waals surface area (Å²) in [5.74, 6) is -2.65. The smallest absolute Gasteiger partial charge is 0.289 e. The van der Waals surface area contributed by atoms with Crippen LogP contribution in [-0.2, 0) is 11.2 Å². The Labute approximate surface area is 76.6 Å². The summed E-state index contributed by atoms with van der Waals surface area (Å²) < 4.78 is 47.8. The molecule has 0 aliphatic carbocycles. The second kappa shape index (κ2) is 3.73. The lowest BCUT2D eigenvalue weighted by Gasteiger charge is -2.03. The van der Waals surface area contributed by atoms with E-state index >= 15 is 0 Å². The second-order valence-corrected chi connectivity index (χ2v) is 2.56. The summed E-state index contributed by atoms with van der Waals surface area (Å²) in [5, 5.41) is 0. The van der Waals surface area contributed by atoms with E-state index in [1.807, 2.05) is 0 Å². The fourth-order valence-electron chi connectivity index (χ4n) is 0.810. The van der Waals surface area contributed by atoms with Crippen molar-refractivity contribution < 1.29 is 22.4 Å². The quantitative estimate of drug-likeness (QED) is 0.693. The van der Waals surface area contributed by atoms with Gasteiger partial charge in [-0.3, -0.25) is 9.78 Å². The van der Waals surface area contributed by atoms with Gasteiger partial charge in [0, 0.05) is 6.20 Å². The average Bonchev–Trinajstić information content (AvgIpc) is 2.02. The van der Waals surface area contributed by atoms with Crippen LogP contribution in [0.4, 0.5) is 17.6 Å². The third-order valence-electron chi connectivity index (χ3n) is 1.44. The molecule has 76 valence electrons. The maximum atomic E-state index is 12.5. The van der Waals surface area contributed by atoms with Gasteiger partial charge in [-0.1, -0.05) is 0 Å².